The van der Waals surface area contributed by atoms with Crippen molar-refractivity contribution in [3.8, 4) is 6.07 Å². The zero-order chi connectivity index (χ0) is 11.4. The van der Waals surface area contributed by atoms with Crippen molar-refractivity contribution in [2.45, 2.75) is 70.4 Å². The highest BCUT2D eigenvalue weighted by atomic mass is 15.0. The van der Waals surface area contributed by atoms with E-state index in [1.165, 1.54) is 44.9 Å². The molecule has 2 aliphatic rings. The Labute approximate surface area is 99.4 Å². The van der Waals surface area contributed by atoms with Gasteiger partial charge in [0.25, 0.3) is 0 Å². The van der Waals surface area contributed by atoms with Crippen LogP contribution in [0, 0.1) is 23.2 Å². The van der Waals surface area contributed by atoms with Crippen LogP contribution in [0.25, 0.3) is 0 Å². The van der Waals surface area contributed by atoms with E-state index in [1.54, 1.807) is 0 Å². The fraction of sp³-hybridized carbons (Fsp3) is 0.929. The van der Waals surface area contributed by atoms with Crippen molar-refractivity contribution >= 4 is 0 Å². The summed E-state index contributed by atoms with van der Waals surface area (Å²) in [7, 11) is 0. The predicted molar refractivity (Wildman–Crippen MR) is 65.9 cm³/mol. The summed E-state index contributed by atoms with van der Waals surface area (Å²) in [5.41, 5.74) is 0. The molecule has 2 saturated carbocycles. The molecule has 4 atom stereocenters. The van der Waals surface area contributed by atoms with Gasteiger partial charge in [-0.05, 0) is 31.6 Å². The molecule has 2 aliphatic carbocycles. The van der Waals surface area contributed by atoms with Gasteiger partial charge in [-0.15, -0.1) is 0 Å². The molecule has 2 nitrogen and oxygen atoms in total. The van der Waals surface area contributed by atoms with Gasteiger partial charge in [0, 0.05) is 12.1 Å². The van der Waals surface area contributed by atoms with Crippen LogP contribution in [0.5, 0.6) is 0 Å². The summed E-state index contributed by atoms with van der Waals surface area (Å²) in [5.74, 6) is 1.07. The average Bonchev–Trinajstić information content (AvgIpc) is 2.56. The van der Waals surface area contributed by atoms with Crippen molar-refractivity contribution in [2.75, 3.05) is 0 Å². The lowest BCUT2D eigenvalue weighted by atomic mass is 9.94. The summed E-state index contributed by atoms with van der Waals surface area (Å²) in [6.07, 6.45) is 10.2. The molecule has 90 valence electrons. The quantitative estimate of drug-likeness (QED) is 0.725. The molecule has 0 aromatic rings. The number of hydrogen-bond donors (Lipinski definition) is 1. The third-order valence-electron chi connectivity index (χ3n) is 4.47. The zero-order valence-corrected chi connectivity index (χ0v) is 10.4. The molecule has 0 aromatic carbocycles. The van der Waals surface area contributed by atoms with Gasteiger partial charge in [-0.1, -0.05) is 32.6 Å². The van der Waals surface area contributed by atoms with Crippen LogP contribution in [0.4, 0.5) is 0 Å². The van der Waals surface area contributed by atoms with Crippen LogP contribution in [0.3, 0.4) is 0 Å². The Bertz CT molecular complexity index is 256. The normalized spacial score (nSPS) is 40.2. The Morgan fingerprint density at radius 2 is 1.69 bits per heavy atom. The van der Waals surface area contributed by atoms with Gasteiger partial charge in [0.05, 0.1) is 12.0 Å². The van der Waals surface area contributed by atoms with E-state index in [-0.39, 0.29) is 5.92 Å². The summed E-state index contributed by atoms with van der Waals surface area (Å²) in [5, 5.41) is 13.0. The lowest BCUT2D eigenvalue weighted by Crippen LogP contribution is -2.43. The van der Waals surface area contributed by atoms with Gasteiger partial charge in [0.1, 0.15) is 0 Å². The van der Waals surface area contributed by atoms with Gasteiger partial charge >= 0.3 is 0 Å². The molecule has 0 bridgehead atoms. The molecular formula is C14H24N2. The first-order valence-corrected chi connectivity index (χ1v) is 6.97. The van der Waals surface area contributed by atoms with Crippen LogP contribution >= 0.6 is 0 Å². The summed E-state index contributed by atoms with van der Waals surface area (Å²) in [6.45, 7) is 2.35. The molecule has 16 heavy (non-hydrogen) atoms. The maximum Gasteiger partial charge on any atom is 0.0672 e. The van der Waals surface area contributed by atoms with Gasteiger partial charge < -0.3 is 5.32 Å². The molecule has 0 spiro atoms. The van der Waals surface area contributed by atoms with Gasteiger partial charge in [-0.25, -0.2) is 0 Å². The molecule has 1 N–H and O–H groups in total. The van der Waals surface area contributed by atoms with E-state index in [2.05, 4.69) is 18.3 Å². The Morgan fingerprint density at radius 3 is 2.38 bits per heavy atom. The summed E-state index contributed by atoms with van der Waals surface area (Å²) < 4.78 is 0. The van der Waals surface area contributed by atoms with Crippen molar-refractivity contribution in [3.63, 3.8) is 0 Å². The smallest absolute Gasteiger partial charge is 0.0672 e. The summed E-state index contributed by atoms with van der Waals surface area (Å²) in [4.78, 5) is 0. The van der Waals surface area contributed by atoms with Gasteiger partial charge in [-0.3, -0.25) is 0 Å². The third kappa shape index (κ3) is 2.77. The van der Waals surface area contributed by atoms with Gasteiger partial charge in [-0.2, -0.15) is 5.26 Å². The SMILES string of the molecule is CC1CCCC1NC1CCCCCC1C#N. The maximum absolute atomic E-state index is 9.24. The van der Waals surface area contributed by atoms with E-state index in [1.807, 2.05) is 0 Å². The minimum absolute atomic E-state index is 0.260. The van der Waals surface area contributed by atoms with E-state index in [9.17, 15) is 5.26 Å². The number of rotatable bonds is 2. The second-order valence-corrected chi connectivity index (χ2v) is 5.66. The van der Waals surface area contributed by atoms with Crippen molar-refractivity contribution in [2.24, 2.45) is 11.8 Å². The predicted octanol–water partition coefficient (Wildman–Crippen LogP) is 3.24. The van der Waals surface area contributed by atoms with Crippen LogP contribution in [-0.2, 0) is 0 Å². The fourth-order valence-electron chi connectivity index (χ4n) is 3.33. The zero-order valence-electron chi connectivity index (χ0n) is 10.4. The molecule has 0 heterocycles. The van der Waals surface area contributed by atoms with Crippen molar-refractivity contribution < 1.29 is 0 Å². The second-order valence-electron chi connectivity index (χ2n) is 5.66. The van der Waals surface area contributed by atoms with Crippen molar-refractivity contribution in [1.29, 1.82) is 5.26 Å². The van der Waals surface area contributed by atoms with Gasteiger partial charge in [0.2, 0.25) is 0 Å². The van der Waals surface area contributed by atoms with E-state index in [4.69, 9.17) is 0 Å². The van der Waals surface area contributed by atoms with Crippen LogP contribution in [0.2, 0.25) is 0 Å². The highest BCUT2D eigenvalue weighted by molar-refractivity contribution is 4.96. The Hall–Kier alpha value is -0.550. The summed E-state index contributed by atoms with van der Waals surface area (Å²) in [6, 6.07) is 3.67. The number of nitrogens with one attached hydrogen (secondary N) is 1. The molecule has 0 aromatic heterocycles. The average molecular weight is 220 g/mol. The Morgan fingerprint density at radius 1 is 0.938 bits per heavy atom. The first-order chi connectivity index (χ1) is 7.81. The minimum atomic E-state index is 0.260. The Balaban J connectivity index is 1.92. The number of nitriles is 1. The van der Waals surface area contributed by atoms with E-state index in [0.717, 1.165) is 12.3 Å². The Kier molecular flexibility index (Phi) is 4.23. The molecule has 2 fully saturated rings. The lowest BCUT2D eigenvalue weighted by Gasteiger charge is -2.27. The van der Waals surface area contributed by atoms with E-state index < -0.39 is 0 Å². The first-order valence-electron chi connectivity index (χ1n) is 6.97. The van der Waals surface area contributed by atoms with Crippen LogP contribution in [0.1, 0.15) is 58.3 Å². The monoisotopic (exact) mass is 220 g/mol. The molecule has 2 heteroatoms. The maximum atomic E-state index is 9.24. The molecule has 0 radical (unpaired) electrons. The topological polar surface area (TPSA) is 35.8 Å². The number of hydrogen-bond acceptors (Lipinski definition) is 2. The van der Waals surface area contributed by atoms with Crippen molar-refractivity contribution in [3.05, 3.63) is 0 Å². The lowest BCUT2D eigenvalue weighted by molar-refractivity contribution is 0.315. The summed E-state index contributed by atoms with van der Waals surface area (Å²) >= 11 is 0. The largest absolute Gasteiger partial charge is 0.310 e. The van der Waals surface area contributed by atoms with Crippen molar-refractivity contribution in [1.82, 2.24) is 5.32 Å². The first kappa shape index (κ1) is 11.9. The number of nitrogens with zero attached hydrogens (tertiary/aromatic N) is 1. The van der Waals surface area contributed by atoms with E-state index >= 15 is 0 Å². The highest BCUT2D eigenvalue weighted by Crippen LogP contribution is 2.29. The van der Waals surface area contributed by atoms with Crippen LogP contribution < -0.4 is 5.32 Å². The van der Waals surface area contributed by atoms with E-state index in [0.29, 0.717) is 12.1 Å². The molecule has 4 unspecified atom stereocenters. The molecule has 0 saturated heterocycles. The van der Waals surface area contributed by atoms with Gasteiger partial charge in [0.15, 0.2) is 0 Å². The molecule has 0 amide bonds. The standard InChI is InChI=1S/C14H24N2/c1-11-6-5-9-13(11)16-14-8-4-2-3-7-12(14)10-15/h11-14,16H,2-9H2,1H3. The minimum Gasteiger partial charge on any atom is -0.310 e. The van der Waals surface area contributed by atoms with Crippen LogP contribution in [0.15, 0.2) is 0 Å². The highest BCUT2D eigenvalue weighted by Gasteiger charge is 2.29. The second kappa shape index (κ2) is 5.68. The third-order valence-corrected chi connectivity index (χ3v) is 4.47. The fourth-order valence-corrected chi connectivity index (χ4v) is 3.33. The van der Waals surface area contributed by atoms with Crippen LogP contribution in [-0.4, -0.2) is 12.1 Å². The molecular weight excluding hydrogens is 196 g/mol. The molecule has 0 aliphatic heterocycles. The molecule has 2 rings (SSSR count).